The van der Waals surface area contributed by atoms with E-state index in [1.54, 1.807) is 0 Å². The summed E-state index contributed by atoms with van der Waals surface area (Å²) in [5.74, 6) is -0.805. The van der Waals surface area contributed by atoms with Crippen molar-refractivity contribution in [2.24, 2.45) is 5.73 Å². The van der Waals surface area contributed by atoms with Crippen LogP contribution in [0.4, 0.5) is 0 Å². The fourth-order valence-corrected chi connectivity index (χ4v) is 13.3. The van der Waals surface area contributed by atoms with Crippen molar-refractivity contribution in [1.29, 1.82) is 0 Å². The molecule has 2 atom stereocenters. The molecule has 95 heavy (non-hydrogen) atoms. The molecule has 0 amide bonds. The maximum Gasteiger partial charge on any atom is 0.472 e. The van der Waals surface area contributed by atoms with Crippen molar-refractivity contribution >= 4 is 19.8 Å². The van der Waals surface area contributed by atoms with Gasteiger partial charge in [0.15, 0.2) is 6.10 Å². The summed E-state index contributed by atoms with van der Waals surface area (Å²) in [7, 11) is -4.40. The topological polar surface area (TPSA) is 134 Å². The first kappa shape index (κ1) is 92.4. The number of rotatable bonds is 79. The average Bonchev–Trinajstić information content (AvgIpc) is 2.64. The van der Waals surface area contributed by atoms with Crippen molar-refractivity contribution in [3.63, 3.8) is 0 Å². The van der Waals surface area contributed by atoms with Gasteiger partial charge in [-0.2, -0.15) is 0 Å². The minimum Gasteiger partial charge on any atom is -0.462 e. The first-order valence-corrected chi connectivity index (χ1v) is 42.9. The van der Waals surface area contributed by atoms with Crippen LogP contribution >= 0.6 is 7.82 Å². The van der Waals surface area contributed by atoms with Gasteiger partial charge in [0.1, 0.15) is 6.61 Å². The van der Waals surface area contributed by atoms with Crippen LogP contribution in [-0.2, 0) is 32.7 Å². The molecule has 0 rings (SSSR count). The monoisotopic (exact) mass is 1350 g/mol. The van der Waals surface area contributed by atoms with Gasteiger partial charge in [-0.05, 0) is 64.2 Å². The Bertz CT molecular complexity index is 1790. The highest BCUT2D eigenvalue weighted by molar-refractivity contribution is 7.47. The highest BCUT2D eigenvalue weighted by atomic mass is 31.2. The van der Waals surface area contributed by atoms with Crippen LogP contribution in [0.1, 0.15) is 425 Å². The van der Waals surface area contributed by atoms with E-state index in [-0.39, 0.29) is 38.6 Å². The van der Waals surface area contributed by atoms with Crippen molar-refractivity contribution in [2.45, 2.75) is 431 Å². The number of phosphoric acid groups is 1. The zero-order valence-electron chi connectivity index (χ0n) is 62.9. The standard InChI is InChI=1S/C85H158NO8P/c1-3-5-7-9-11-13-15-17-19-21-23-25-27-29-31-33-35-37-39-41-43-45-47-49-51-53-55-57-59-61-63-65-67-69-71-73-75-77-84(87)91-81-83(82-93-95(89,90)92-80-79-86)94-85(88)78-76-74-72-70-68-66-64-62-60-58-56-54-52-50-48-46-44-42-40-38-36-34-32-30-28-26-24-22-20-18-16-14-12-10-8-6-4-2/h6,8,12,14,18,20,24,26,30,32,36,38,83H,3-5,7,9-11,13,15-17,19,21-23,25,27-29,31,33-35,37,39-82,86H2,1-2H3,(H,89,90)/b8-6-,14-12-,20-18-,26-24-,32-30-,38-36-. The Hall–Kier alpha value is -2.55. The molecular formula is C85H158NO8P. The molecule has 0 aromatic carbocycles. The predicted molar refractivity (Wildman–Crippen MR) is 413 cm³/mol. The van der Waals surface area contributed by atoms with Gasteiger partial charge in [0.2, 0.25) is 0 Å². The van der Waals surface area contributed by atoms with Gasteiger partial charge in [-0.25, -0.2) is 4.57 Å². The molecule has 556 valence electrons. The van der Waals surface area contributed by atoms with Gasteiger partial charge < -0.3 is 20.1 Å². The summed E-state index contributed by atoms with van der Waals surface area (Å²) in [6.07, 6.45) is 108. The predicted octanol–water partition coefficient (Wildman–Crippen LogP) is 27.9. The van der Waals surface area contributed by atoms with Crippen molar-refractivity contribution in [3.8, 4) is 0 Å². The zero-order valence-corrected chi connectivity index (χ0v) is 63.8. The lowest BCUT2D eigenvalue weighted by Crippen LogP contribution is -2.29. The lowest BCUT2D eigenvalue weighted by atomic mass is 10.0. The number of ether oxygens (including phenoxy) is 2. The van der Waals surface area contributed by atoms with E-state index in [0.717, 1.165) is 70.6 Å². The molecule has 0 bridgehead atoms. The Kier molecular flexibility index (Phi) is 78.3. The second-order valence-corrected chi connectivity index (χ2v) is 29.4. The molecule has 0 fully saturated rings. The fraction of sp³-hybridized carbons (Fsp3) is 0.835. The van der Waals surface area contributed by atoms with Gasteiger partial charge in [0.25, 0.3) is 0 Å². The largest absolute Gasteiger partial charge is 0.472 e. The minimum absolute atomic E-state index is 0.0546. The van der Waals surface area contributed by atoms with Gasteiger partial charge in [-0.1, -0.05) is 421 Å². The van der Waals surface area contributed by atoms with Gasteiger partial charge in [-0.3, -0.25) is 18.6 Å². The molecule has 3 N–H and O–H groups in total. The van der Waals surface area contributed by atoms with E-state index in [9.17, 15) is 19.0 Å². The highest BCUT2D eigenvalue weighted by Crippen LogP contribution is 2.43. The molecule has 0 heterocycles. The molecule has 0 aliphatic carbocycles. The van der Waals surface area contributed by atoms with E-state index >= 15 is 0 Å². The van der Waals surface area contributed by atoms with Crippen LogP contribution in [-0.4, -0.2) is 49.3 Å². The van der Waals surface area contributed by atoms with Crippen LogP contribution in [0.5, 0.6) is 0 Å². The van der Waals surface area contributed by atoms with Crippen LogP contribution in [0.15, 0.2) is 72.9 Å². The van der Waals surface area contributed by atoms with Crippen LogP contribution in [0, 0.1) is 0 Å². The number of hydrogen-bond donors (Lipinski definition) is 2. The zero-order chi connectivity index (χ0) is 68.6. The summed E-state index contributed by atoms with van der Waals surface area (Å²) >= 11 is 0. The molecule has 0 saturated heterocycles. The summed E-state index contributed by atoms with van der Waals surface area (Å²) in [4.78, 5) is 35.5. The van der Waals surface area contributed by atoms with E-state index < -0.39 is 26.5 Å². The third kappa shape index (κ3) is 80.3. The molecular weight excluding hydrogens is 1190 g/mol. The van der Waals surface area contributed by atoms with Crippen molar-refractivity contribution in [1.82, 2.24) is 0 Å². The number of hydrogen-bond acceptors (Lipinski definition) is 8. The Morgan fingerprint density at radius 2 is 0.579 bits per heavy atom. The Morgan fingerprint density at radius 1 is 0.326 bits per heavy atom. The molecule has 0 aromatic heterocycles. The first-order valence-electron chi connectivity index (χ1n) is 41.4. The molecule has 0 aliphatic heterocycles. The molecule has 0 saturated carbocycles. The summed E-state index contributed by atoms with van der Waals surface area (Å²) in [6, 6.07) is 0. The molecule has 0 aliphatic rings. The Morgan fingerprint density at radius 3 is 0.863 bits per heavy atom. The first-order chi connectivity index (χ1) is 46.8. The lowest BCUT2D eigenvalue weighted by Gasteiger charge is -2.19. The van der Waals surface area contributed by atoms with Crippen molar-refractivity contribution < 1.29 is 37.6 Å². The Balaban J connectivity index is 3.75. The van der Waals surface area contributed by atoms with Crippen LogP contribution < -0.4 is 5.73 Å². The van der Waals surface area contributed by atoms with E-state index in [0.29, 0.717) is 6.42 Å². The number of esters is 2. The van der Waals surface area contributed by atoms with Crippen molar-refractivity contribution in [3.05, 3.63) is 72.9 Å². The summed E-state index contributed by atoms with van der Waals surface area (Å²) < 4.78 is 33.3. The van der Waals surface area contributed by atoms with Crippen LogP contribution in [0.25, 0.3) is 0 Å². The minimum atomic E-state index is -4.40. The van der Waals surface area contributed by atoms with Gasteiger partial charge >= 0.3 is 19.8 Å². The summed E-state index contributed by atoms with van der Waals surface area (Å²) in [5, 5.41) is 0. The Labute approximate surface area is 590 Å². The third-order valence-electron chi connectivity index (χ3n) is 18.6. The maximum absolute atomic E-state index is 12.8. The van der Waals surface area contributed by atoms with Gasteiger partial charge in [0, 0.05) is 19.4 Å². The second-order valence-electron chi connectivity index (χ2n) is 28.0. The molecule has 10 heteroatoms. The van der Waals surface area contributed by atoms with Crippen molar-refractivity contribution in [2.75, 3.05) is 26.4 Å². The van der Waals surface area contributed by atoms with E-state index in [2.05, 4.69) is 86.8 Å². The lowest BCUT2D eigenvalue weighted by molar-refractivity contribution is -0.161. The van der Waals surface area contributed by atoms with Gasteiger partial charge in [-0.15, -0.1) is 0 Å². The third-order valence-corrected chi connectivity index (χ3v) is 19.6. The normalized spacial score (nSPS) is 13.2. The number of carbonyl (C=O) groups excluding carboxylic acids is 2. The number of phosphoric ester groups is 1. The van der Waals surface area contributed by atoms with E-state index in [1.165, 1.54) is 321 Å². The smallest absolute Gasteiger partial charge is 0.462 e. The molecule has 0 radical (unpaired) electrons. The average molecular weight is 1350 g/mol. The molecule has 0 spiro atoms. The highest BCUT2D eigenvalue weighted by Gasteiger charge is 2.26. The van der Waals surface area contributed by atoms with Gasteiger partial charge in [0.05, 0.1) is 13.2 Å². The molecule has 9 nitrogen and oxygen atoms in total. The van der Waals surface area contributed by atoms with E-state index in [4.69, 9.17) is 24.3 Å². The molecule has 2 unspecified atom stereocenters. The van der Waals surface area contributed by atoms with E-state index in [1.807, 2.05) is 0 Å². The summed E-state index contributed by atoms with van der Waals surface area (Å²) in [5.41, 5.74) is 5.42. The number of nitrogens with two attached hydrogens (primary N) is 1. The number of unbranched alkanes of at least 4 members (excludes halogenated alkanes) is 54. The summed E-state index contributed by atoms with van der Waals surface area (Å²) in [6.45, 7) is 3.71. The quantitative estimate of drug-likeness (QED) is 0.0264. The number of allylic oxidation sites excluding steroid dienone is 12. The maximum atomic E-state index is 12.8. The fourth-order valence-electron chi connectivity index (χ4n) is 12.5. The SMILES string of the molecule is CC/C=C\C/C=C\C/C=C\C/C=C\C/C=C\C/C=C\CCCCCCCCCCCCCCCCCCCCC(=O)OC(COC(=O)CCCCCCCCCCCCCCCCCCCCCCCCCCCCCCCCCCCCCCC)COP(=O)(O)OCCN. The molecule has 0 aromatic rings. The second kappa shape index (κ2) is 80.4. The van der Waals surface area contributed by atoms with Crippen LogP contribution in [0.2, 0.25) is 0 Å². The van der Waals surface area contributed by atoms with Crippen LogP contribution in [0.3, 0.4) is 0 Å². The number of carbonyl (C=O) groups is 2.